The summed E-state index contributed by atoms with van der Waals surface area (Å²) in [6.07, 6.45) is 2.30. The van der Waals surface area contributed by atoms with E-state index in [1.54, 1.807) is 0 Å². The fourth-order valence-electron chi connectivity index (χ4n) is 1.94. The average Bonchev–Trinajstić information content (AvgIpc) is 2.24. The van der Waals surface area contributed by atoms with Crippen LogP contribution in [0.3, 0.4) is 0 Å². The number of rotatable bonds is 6. The number of anilines is 1. The summed E-state index contributed by atoms with van der Waals surface area (Å²) in [6, 6.07) is 8.83. The SMILES string of the molecule is CCCN(CCc1cccc(N)c1)C(C)C. The van der Waals surface area contributed by atoms with Crippen LogP contribution in [-0.4, -0.2) is 24.0 Å². The van der Waals surface area contributed by atoms with Gasteiger partial charge in [-0.15, -0.1) is 0 Å². The van der Waals surface area contributed by atoms with Crippen molar-refractivity contribution in [3.05, 3.63) is 29.8 Å². The average molecular weight is 220 g/mol. The molecule has 0 spiro atoms. The second kappa shape index (κ2) is 6.54. The lowest BCUT2D eigenvalue weighted by Crippen LogP contribution is -2.33. The van der Waals surface area contributed by atoms with Crippen molar-refractivity contribution in [2.24, 2.45) is 0 Å². The predicted molar refractivity (Wildman–Crippen MR) is 71.6 cm³/mol. The molecule has 0 saturated heterocycles. The maximum absolute atomic E-state index is 5.77. The Hall–Kier alpha value is -1.02. The third kappa shape index (κ3) is 4.23. The molecule has 0 radical (unpaired) electrons. The van der Waals surface area contributed by atoms with Crippen LogP contribution in [0.2, 0.25) is 0 Å². The van der Waals surface area contributed by atoms with Crippen LogP contribution in [0.15, 0.2) is 24.3 Å². The third-order valence-corrected chi connectivity index (χ3v) is 2.88. The van der Waals surface area contributed by atoms with Gasteiger partial charge in [0, 0.05) is 18.3 Å². The van der Waals surface area contributed by atoms with Gasteiger partial charge in [0.2, 0.25) is 0 Å². The van der Waals surface area contributed by atoms with Crippen LogP contribution in [0, 0.1) is 0 Å². The first kappa shape index (κ1) is 13.0. The Morgan fingerprint density at radius 3 is 2.56 bits per heavy atom. The minimum atomic E-state index is 0.626. The Morgan fingerprint density at radius 1 is 1.25 bits per heavy atom. The summed E-state index contributed by atoms with van der Waals surface area (Å²) in [5, 5.41) is 0. The molecule has 0 saturated carbocycles. The van der Waals surface area contributed by atoms with Crippen molar-refractivity contribution in [3.8, 4) is 0 Å². The van der Waals surface area contributed by atoms with Gasteiger partial charge in [0.1, 0.15) is 0 Å². The van der Waals surface area contributed by atoms with E-state index in [1.165, 1.54) is 18.5 Å². The van der Waals surface area contributed by atoms with Crippen molar-refractivity contribution in [2.45, 2.75) is 39.7 Å². The van der Waals surface area contributed by atoms with Gasteiger partial charge in [-0.1, -0.05) is 19.1 Å². The Balaban J connectivity index is 2.48. The van der Waals surface area contributed by atoms with Crippen LogP contribution in [0.4, 0.5) is 5.69 Å². The highest BCUT2D eigenvalue weighted by atomic mass is 15.1. The second-order valence-corrected chi connectivity index (χ2v) is 4.62. The van der Waals surface area contributed by atoms with Gasteiger partial charge in [-0.25, -0.2) is 0 Å². The van der Waals surface area contributed by atoms with Gasteiger partial charge in [0.05, 0.1) is 0 Å². The van der Waals surface area contributed by atoms with E-state index in [1.807, 2.05) is 12.1 Å². The number of nitrogens with zero attached hydrogens (tertiary/aromatic N) is 1. The molecule has 0 heterocycles. The highest BCUT2D eigenvalue weighted by Gasteiger charge is 2.07. The molecule has 90 valence electrons. The summed E-state index contributed by atoms with van der Waals surface area (Å²) in [5.74, 6) is 0. The fraction of sp³-hybridized carbons (Fsp3) is 0.571. The molecule has 2 nitrogen and oxygen atoms in total. The molecule has 0 aromatic heterocycles. The number of hydrogen-bond acceptors (Lipinski definition) is 2. The number of nitrogens with two attached hydrogens (primary N) is 1. The van der Waals surface area contributed by atoms with Crippen molar-refractivity contribution < 1.29 is 0 Å². The maximum atomic E-state index is 5.77. The van der Waals surface area contributed by atoms with E-state index in [0.29, 0.717) is 6.04 Å². The zero-order valence-electron chi connectivity index (χ0n) is 10.7. The van der Waals surface area contributed by atoms with Crippen molar-refractivity contribution >= 4 is 5.69 Å². The van der Waals surface area contributed by atoms with E-state index < -0.39 is 0 Å². The first-order valence-electron chi connectivity index (χ1n) is 6.22. The highest BCUT2D eigenvalue weighted by Crippen LogP contribution is 2.09. The largest absolute Gasteiger partial charge is 0.399 e. The molecule has 0 aliphatic heterocycles. The van der Waals surface area contributed by atoms with E-state index in [0.717, 1.165) is 18.7 Å². The summed E-state index contributed by atoms with van der Waals surface area (Å²) < 4.78 is 0. The summed E-state index contributed by atoms with van der Waals surface area (Å²) in [6.45, 7) is 9.05. The van der Waals surface area contributed by atoms with Gasteiger partial charge >= 0.3 is 0 Å². The Bertz CT molecular complexity index is 307. The molecule has 1 rings (SSSR count). The number of hydrogen-bond donors (Lipinski definition) is 1. The van der Waals surface area contributed by atoms with Crippen LogP contribution in [0.5, 0.6) is 0 Å². The maximum Gasteiger partial charge on any atom is 0.0316 e. The molecule has 0 atom stereocenters. The molecular formula is C14H24N2. The summed E-state index contributed by atoms with van der Waals surface area (Å²) in [4.78, 5) is 2.52. The van der Waals surface area contributed by atoms with E-state index in [2.05, 4.69) is 37.8 Å². The van der Waals surface area contributed by atoms with Crippen molar-refractivity contribution in [3.63, 3.8) is 0 Å². The van der Waals surface area contributed by atoms with Crippen molar-refractivity contribution in [2.75, 3.05) is 18.8 Å². The summed E-state index contributed by atoms with van der Waals surface area (Å²) in [5.41, 5.74) is 7.97. The summed E-state index contributed by atoms with van der Waals surface area (Å²) >= 11 is 0. The molecule has 16 heavy (non-hydrogen) atoms. The molecule has 2 N–H and O–H groups in total. The zero-order chi connectivity index (χ0) is 12.0. The van der Waals surface area contributed by atoms with E-state index in [9.17, 15) is 0 Å². The highest BCUT2D eigenvalue weighted by molar-refractivity contribution is 5.40. The van der Waals surface area contributed by atoms with Gasteiger partial charge < -0.3 is 10.6 Å². The smallest absolute Gasteiger partial charge is 0.0316 e. The van der Waals surface area contributed by atoms with Crippen LogP contribution in [0.1, 0.15) is 32.8 Å². The quantitative estimate of drug-likeness (QED) is 0.747. The normalized spacial score (nSPS) is 11.3. The van der Waals surface area contributed by atoms with Crippen molar-refractivity contribution in [1.29, 1.82) is 0 Å². The van der Waals surface area contributed by atoms with E-state index in [4.69, 9.17) is 5.73 Å². The van der Waals surface area contributed by atoms with Crippen LogP contribution < -0.4 is 5.73 Å². The monoisotopic (exact) mass is 220 g/mol. The first-order valence-corrected chi connectivity index (χ1v) is 6.22. The molecule has 0 fully saturated rings. The van der Waals surface area contributed by atoms with Crippen molar-refractivity contribution in [1.82, 2.24) is 4.90 Å². The lowest BCUT2D eigenvalue weighted by Gasteiger charge is -2.25. The molecule has 0 bridgehead atoms. The molecule has 2 heteroatoms. The topological polar surface area (TPSA) is 29.3 Å². The van der Waals surface area contributed by atoms with Gasteiger partial charge in [-0.05, 0) is 50.9 Å². The third-order valence-electron chi connectivity index (χ3n) is 2.88. The summed E-state index contributed by atoms with van der Waals surface area (Å²) in [7, 11) is 0. The minimum Gasteiger partial charge on any atom is -0.399 e. The minimum absolute atomic E-state index is 0.626. The molecule has 0 unspecified atom stereocenters. The molecule has 0 aliphatic carbocycles. The van der Waals surface area contributed by atoms with E-state index >= 15 is 0 Å². The van der Waals surface area contributed by atoms with Gasteiger partial charge in [0.15, 0.2) is 0 Å². The van der Waals surface area contributed by atoms with Gasteiger partial charge in [-0.2, -0.15) is 0 Å². The molecule has 1 aromatic rings. The van der Waals surface area contributed by atoms with Gasteiger partial charge in [0.25, 0.3) is 0 Å². The second-order valence-electron chi connectivity index (χ2n) is 4.62. The van der Waals surface area contributed by atoms with Crippen LogP contribution >= 0.6 is 0 Å². The Kier molecular flexibility index (Phi) is 5.33. The standard InChI is InChI=1S/C14H24N2/c1-4-9-16(12(2)3)10-8-13-6-5-7-14(15)11-13/h5-7,11-12H,4,8-10,15H2,1-3H3. The Morgan fingerprint density at radius 2 is 2.00 bits per heavy atom. The zero-order valence-corrected chi connectivity index (χ0v) is 10.7. The van der Waals surface area contributed by atoms with E-state index in [-0.39, 0.29) is 0 Å². The van der Waals surface area contributed by atoms with Gasteiger partial charge in [-0.3, -0.25) is 0 Å². The first-order chi connectivity index (χ1) is 7.63. The number of nitrogen functional groups attached to an aromatic ring is 1. The predicted octanol–water partition coefficient (Wildman–Crippen LogP) is 2.93. The molecular weight excluding hydrogens is 196 g/mol. The van der Waals surface area contributed by atoms with Crippen LogP contribution in [-0.2, 0) is 6.42 Å². The lowest BCUT2D eigenvalue weighted by atomic mass is 10.1. The molecule has 1 aromatic carbocycles. The van der Waals surface area contributed by atoms with Crippen LogP contribution in [0.25, 0.3) is 0 Å². The fourth-order valence-corrected chi connectivity index (χ4v) is 1.94. The molecule has 0 aliphatic rings. The Labute approximate surface area is 99.5 Å². The lowest BCUT2D eigenvalue weighted by molar-refractivity contribution is 0.225. The molecule has 0 amide bonds. The number of benzene rings is 1.